The van der Waals surface area contributed by atoms with E-state index in [9.17, 15) is 8.42 Å². The molecule has 0 aliphatic carbocycles. The lowest BCUT2D eigenvalue weighted by atomic mass is 10.2. The number of benzene rings is 1. The third kappa shape index (κ3) is 4.99. The van der Waals surface area contributed by atoms with Crippen LogP contribution in [-0.2, 0) is 14.8 Å². The Morgan fingerprint density at radius 1 is 1.26 bits per heavy atom. The summed E-state index contributed by atoms with van der Waals surface area (Å²) in [6.07, 6.45) is 2.56. The Kier molecular flexibility index (Phi) is 6.50. The van der Waals surface area contributed by atoms with Crippen LogP contribution in [0, 0.1) is 11.3 Å². The van der Waals surface area contributed by atoms with E-state index in [0.29, 0.717) is 13.2 Å². The summed E-state index contributed by atoms with van der Waals surface area (Å²) in [5.41, 5.74) is 0.161. The summed E-state index contributed by atoms with van der Waals surface area (Å²) in [5, 5.41) is 8.89. The van der Waals surface area contributed by atoms with E-state index in [4.69, 9.17) is 10.00 Å². The minimum absolute atomic E-state index is 0.0365. The smallest absolute Gasteiger partial charge is 0.241 e. The zero-order valence-corrected chi connectivity index (χ0v) is 11.7. The molecule has 0 bridgehead atoms. The first-order valence-electron chi connectivity index (χ1n) is 6.09. The minimum atomic E-state index is -3.60. The zero-order valence-electron chi connectivity index (χ0n) is 10.9. The van der Waals surface area contributed by atoms with E-state index >= 15 is 0 Å². The first-order valence-corrected chi connectivity index (χ1v) is 7.58. The van der Waals surface area contributed by atoms with Crippen LogP contribution < -0.4 is 4.72 Å². The molecule has 0 unspecified atom stereocenters. The monoisotopic (exact) mass is 282 g/mol. The fraction of sp³-hybridized carbons (Fsp3) is 0.462. The van der Waals surface area contributed by atoms with E-state index in [-0.39, 0.29) is 10.5 Å². The molecule has 19 heavy (non-hydrogen) atoms. The van der Waals surface area contributed by atoms with Gasteiger partial charge in [-0.15, -0.1) is 0 Å². The van der Waals surface area contributed by atoms with Gasteiger partial charge in [0.2, 0.25) is 10.0 Å². The van der Waals surface area contributed by atoms with Crippen LogP contribution in [0.3, 0.4) is 0 Å². The molecule has 0 atom stereocenters. The van der Waals surface area contributed by atoms with Gasteiger partial charge in [0.05, 0.1) is 10.5 Å². The number of unbranched alkanes of at least 4 members (excludes halogenated alkanes) is 2. The number of ether oxygens (including phenoxy) is 1. The average molecular weight is 282 g/mol. The molecule has 0 saturated carbocycles. The summed E-state index contributed by atoms with van der Waals surface area (Å²) in [6, 6.07) is 8.06. The number of nitrogens with zero attached hydrogens (tertiary/aromatic N) is 1. The number of nitriles is 1. The van der Waals surface area contributed by atoms with Gasteiger partial charge < -0.3 is 4.74 Å². The first kappa shape index (κ1) is 15.6. The van der Waals surface area contributed by atoms with Crippen LogP contribution in [0.1, 0.15) is 24.8 Å². The predicted octanol–water partition coefficient (Wildman–Crippen LogP) is 1.65. The summed E-state index contributed by atoms with van der Waals surface area (Å²) < 4.78 is 31.4. The molecule has 0 aliphatic heterocycles. The van der Waals surface area contributed by atoms with Crippen molar-refractivity contribution in [2.75, 3.05) is 20.3 Å². The maximum absolute atomic E-state index is 12.0. The Morgan fingerprint density at radius 2 is 2.00 bits per heavy atom. The van der Waals surface area contributed by atoms with E-state index in [1.807, 2.05) is 6.07 Å². The molecular formula is C13H18N2O3S. The molecule has 0 heterocycles. The maximum Gasteiger partial charge on any atom is 0.241 e. The van der Waals surface area contributed by atoms with E-state index in [1.165, 1.54) is 12.1 Å². The Labute approximate surface area is 114 Å². The number of hydrogen-bond acceptors (Lipinski definition) is 4. The number of rotatable bonds is 8. The van der Waals surface area contributed by atoms with Crippen molar-refractivity contribution >= 4 is 10.0 Å². The standard InChI is InChI=1S/C13H18N2O3S/c1-18-10-6-2-5-9-15-19(16,17)13-8-4-3-7-12(13)11-14/h3-4,7-8,15H,2,5-6,9-10H2,1H3. The highest BCUT2D eigenvalue weighted by Gasteiger charge is 2.16. The second kappa shape index (κ2) is 7.89. The van der Waals surface area contributed by atoms with Crippen molar-refractivity contribution in [3.63, 3.8) is 0 Å². The highest BCUT2D eigenvalue weighted by Crippen LogP contribution is 2.13. The molecule has 6 heteroatoms. The molecule has 0 radical (unpaired) electrons. The second-order valence-electron chi connectivity index (χ2n) is 4.06. The lowest BCUT2D eigenvalue weighted by Crippen LogP contribution is -2.25. The molecule has 1 N–H and O–H groups in total. The molecule has 1 rings (SSSR count). The summed E-state index contributed by atoms with van der Waals surface area (Å²) in [6.45, 7) is 1.05. The van der Waals surface area contributed by atoms with Crippen molar-refractivity contribution in [1.29, 1.82) is 5.26 Å². The largest absolute Gasteiger partial charge is 0.385 e. The van der Waals surface area contributed by atoms with Crippen LogP contribution in [0.5, 0.6) is 0 Å². The van der Waals surface area contributed by atoms with E-state index in [0.717, 1.165) is 19.3 Å². The highest BCUT2D eigenvalue weighted by atomic mass is 32.2. The van der Waals surface area contributed by atoms with Crippen LogP contribution in [0.4, 0.5) is 0 Å². The van der Waals surface area contributed by atoms with E-state index < -0.39 is 10.0 Å². The van der Waals surface area contributed by atoms with E-state index in [2.05, 4.69) is 4.72 Å². The Balaban J connectivity index is 2.55. The summed E-state index contributed by atoms with van der Waals surface area (Å²) in [4.78, 5) is 0.0365. The summed E-state index contributed by atoms with van der Waals surface area (Å²) >= 11 is 0. The van der Waals surface area contributed by atoms with Crippen molar-refractivity contribution in [3.05, 3.63) is 29.8 Å². The quantitative estimate of drug-likeness (QED) is 0.735. The molecule has 0 saturated heterocycles. The van der Waals surface area contributed by atoms with Crippen molar-refractivity contribution in [3.8, 4) is 6.07 Å². The molecule has 0 spiro atoms. The number of sulfonamides is 1. The Bertz CT molecular complexity index is 535. The number of hydrogen-bond donors (Lipinski definition) is 1. The van der Waals surface area contributed by atoms with Gasteiger partial charge in [-0.25, -0.2) is 13.1 Å². The molecule has 1 aromatic rings. The third-order valence-electron chi connectivity index (χ3n) is 2.61. The average Bonchev–Trinajstić information content (AvgIpc) is 2.42. The Morgan fingerprint density at radius 3 is 2.68 bits per heavy atom. The number of methoxy groups -OCH3 is 1. The lowest BCUT2D eigenvalue weighted by Gasteiger charge is -2.07. The second-order valence-corrected chi connectivity index (χ2v) is 5.79. The molecule has 0 aromatic heterocycles. The topological polar surface area (TPSA) is 79.2 Å². The van der Waals surface area contributed by atoms with Gasteiger partial charge in [-0.3, -0.25) is 0 Å². The van der Waals surface area contributed by atoms with Gasteiger partial charge in [0.25, 0.3) is 0 Å². The van der Waals surface area contributed by atoms with Crippen LogP contribution in [-0.4, -0.2) is 28.7 Å². The maximum atomic E-state index is 12.0. The molecule has 0 amide bonds. The van der Waals surface area contributed by atoms with Crippen molar-refractivity contribution < 1.29 is 13.2 Å². The van der Waals surface area contributed by atoms with Gasteiger partial charge in [-0.05, 0) is 31.4 Å². The van der Waals surface area contributed by atoms with Gasteiger partial charge in [0.15, 0.2) is 0 Å². The van der Waals surface area contributed by atoms with Gasteiger partial charge in [0.1, 0.15) is 6.07 Å². The van der Waals surface area contributed by atoms with Crippen molar-refractivity contribution in [2.24, 2.45) is 0 Å². The van der Waals surface area contributed by atoms with Crippen LogP contribution in [0.25, 0.3) is 0 Å². The molecule has 0 fully saturated rings. The minimum Gasteiger partial charge on any atom is -0.385 e. The first-order chi connectivity index (χ1) is 9.11. The summed E-state index contributed by atoms with van der Waals surface area (Å²) in [7, 11) is -1.96. The van der Waals surface area contributed by atoms with Crippen LogP contribution in [0.15, 0.2) is 29.2 Å². The number of nitrogens with one attached hydrogen (secondary N) is 1. The van der Waals surface area contributed by atoms with Crippen LogP contribution >= 0.6 is 0 Å². The highest BCUT2D eigenvalue weighted by molar-refractivity contribution is 7.89. The molecular weight excluding hydrogens is 264 g/mol. The van der Waals surface area contributed by atoms with Gasteiger partial charge in [0, 0.05) is 20.3 Å². The predicted molar refractivity (Wildman–Crippen MR) is 72.1 cm³/mol. The lowest BCUT2D eigenvalue weighted by molar-refractivity contribution is 0.192. The van der Waals surface area contributed by atoms with Gasteiger partial charge >= 0.3 is 0 Å². The van der Waals surface area contributed by atoms with Crippen LogP contribution in [0.2, 0.25) is 0 Å². The van der Waals surface area contributed by atoms with Gasteiger partial charge in [-0.1, -0.05) is 12.1 Å². The Hall–Kier alpha value is -1.42. The molecule has 1 aromatic carbocycles. The zero-order chi connectivity index (χ0) is 14.1. The van der Waals surface area contributed by atoms with Crippen molar-refractivity contribution in [1.82, 2.24) is 4.72 Å². The normalized spacial score (nSPS) is 11.2. The fourth-order valence-corrected chi connectivity index (χ4v) is 2.86. The van der Waals surface area contributed by atoms with E-state index in [1.54, 1.807) is 19.2 Å². The molecule has 104 valence electrons. The van der Waals surface area contributed by atoms with Crippen molar-refractivity contribution in [2.45, 2.75) is 24.2 Å². The molecule has 5 nitrogen and oxygen atoms in total. The van der Waals surface area contributed by atoms with Gasteiger partial charge in [-0.2, -0.15) is 5.26 Å². The fourth-order valence-electron chi connectivity index (χ4n) is 1.63. The SMILES string of the molecule is COCCCCCNS(=O)(=O)c1ccccc1C#N. The summed E-state index contributed by atoms with van der Waals surface area (Å²) in [5.74, 6) is 0. The molecule has 0 aliphatic rings. The third-order valence-corrected chi connectivity index (χ3v) is 4.13.